The Kier molecular flexibility index (Phi) is 6.95. The van der Waals surface area contributed by atoms with Crippen LogP contribution in [0.3, 0.4) is 0 Å². The molecular weight excluding hydrogens is 501 g/mol. The summed E-state index contributed by atoms with van der Waals surface area (Å²) in [4.78, 5) is 28.8. The van der Waals surface area contributed by atoms with Gasteiger partial charge in [0.2, 0.25) is 11.8 Å². The number of rotatable bonds is 6. The summed E-state index contributed by atoms with van der Waals surface area (Å²) in [5, 5.41) is 11.4. The lowest BCUT2D eigenvalue weighted by Gasteiger charge is -2.15. The molecule has 0 aliphatic carbocycles. The molecule has 0 spiro atoms. The summed E-state index contributed by atoms with van der Waals surface area (Å²) in [6.45, 7) is 1.94. The molecule has 0 radical (unpaired) electrons. The highest BCUT2D eigenvalue weighted by Crippen LogP contribution is 2.32. The fraction of sp³-hybridized carbons (Fsp3) is 0.238. The van der Waals surface area contributed by atoms with Gasteiger partial charge in [-0.3, -0.25) is 14.6 Å². The molecule has 34 heavy (non-hydrogen) atoms. The number of benzene rings is 1. The Morgan fingerprint density at radius 2 is 1.97 bits per heavy atom. The normalized spacial score (nSPS) is 18.0. The van der Waals surface area contributed by atoms with Crippen LogP contribution in [0.5, 0.6) is 5.75 Å². The maximum absolute atomic E-state index is 13.4. The zero-order valence-electron chi connectivity index (χ0n) is 18.0. The molecule has 4 rings (SSSR count). The zero-order chi connectivity index (χ0) is 24.6. The molecule has 5 atom stereocenters. The predicted molar refractivity (Wildman–Crippen MR) is 135 cm³/mol. The molecule has 1 fully saturated rings. The second kappa shape index (κ2) is 9.61. The van der Waals surface area contributed by atoms with Gasteiger partial charge >= 0.3 is 5.85 Å². The predicted octanol–water partition coefficient (Wildman–Crippen LogP) is 2.06. The standard InChI is InChI=1S/C21H22F2N5O3P3/c1-10-16(9-25-19(10)29)20(30)26-18-6-17(28(27-18)12-4-15(33)8-24-7-12)11-2-13(5-14(32)3-11)31-21(22,23)34/h2-8,10,16H,9,32-34H2,1H3,(H,25,29)(H,26,27,30)/t10-,16+/m1/s1. The number of nitrogens with one attached hydrogen (secondary N) is 2. The van der Waals surface area contributed by atoms with E-state index in [2.05, 4.69) is 39.2 Å². The minimum absolute atomic E-state index is 0.0388. The fourth-order valence-electron chi connectivity index (χ4n) is 3.66. The summed E-state index contributed by atoms with van der Waals surface area (Å²) in [7, 11) is 6.34. The molecule has 1 aliphatic rings. The van der Waals surface area contributed by atoms with Crippen LogP contribution in [-0.2, 0) is 9.59 Å². The number of hydrogen-bond donors (Lipinski definition) is 2. The minimum Gasteiger partial charge on any atom is -0.430 e. The van der Waals surface area contributed by atoms with Crippen molar-refractivity contribution in [3.8, 4) is 22.7 Å². The third kappa shape index (κ3) is 5.57. The first-order valence-electron chi connectivity index (χ1n) is 10.2. The van der Waals surface area contributed by atoms with Gasteiger partial charge in [-0.05, 0) is 44.1 Å². The van der Waals surface area contributed by atoms with E-state index >= 15 is 0 Å². The van der Waals surface area contributed by atoms with E-state index in [1.165, 1.54) is 21.4 Å². The topological polar surface area (TPSA) is 98.1 Å². The monoisotopic (exact) mass is 523 g/mol. The minimum atomic E-state index is -3.43. The van der Waals surface area contributed by atoms with Gasteiger partial charge in [-0.1, -0.05) is 6.92 Å². The van der Waals surface area contributed by atoms with Crippen LogP contribution >= 0.6 is 27.7 Å². The maximum Gasteiger partial charge on any atom is 0.408 e. The van der Waals surface area contributed by atoms with E-state index in [0.29, 0.717) is 22.2 Å². The van der Waals surface area contributed by atoms with Gasteiger partial charge in [-0.15, -0.1) is 23.6 Å². The van der Waals surface area contributed by atoms with Crippen molar-refractivity contribution >= 4 is 56.0 Å². The smallest absolute Gasteiger partial charge is 0.408 e. The number of nitrogens with zero attached hydrogens (tertiary/aromatic N) is 3. The van der Waals surface area contributed by atoms with E-state index in [4.69, 9.17) is 4.74 Å². The Balaban J connectivity index is 1.75. The van der Waals surface area contributed by atoms with Gasteiger partial charge in [0.05, 0.1) is 23.5 Å². The van der Waals surface area contributed by atoms with Crippen molar-refractivity contribution in [2.45, 2.75) is 12.8 Å². The molecule has 2 amide bonds. The van der Waals surface area contributed by atoms with Gasteiger partial charge in [0, 0.05) is 30.3 Å². The van der Waals surface area contributed by atoms with Crippen molar-refractivity contribution in [3.05, 3.63) is 42.7 Å². The van der Waals surface area contributed by atoms with Gasteiger partial charge in [0.25, 0.3) is 0 Å². The summed E-state index contributed by atoms with van der Waals surface area (Å²) in [6.07, 6.45) is 3.25. The average molecular weight is 523 g/mol. The molecule has 178 valence electrons. The molecule has 0 bridgehead atoms. The lowest BCUT2D eigenvalue weighted by Crippen LogP contribution is -2.28. The molecule has 8 nitrogen and oxygen atoms in total. The number of ether oxygens (including phenoxy) is 1. The largest absolute Gasteiger partial charge is 0.430 e. The van der Waals surface area contributed by atoms with Gasteiger partial charge in [-0.2, -0.15) is 8.78 Å². The van der Waals surface area contributed by atoms with Crippen molar-refractivity contribution in [2.24, 2.45) is 11.8 Å². The van der Waals surface area contributed by atoms with E-state index in [-0.39, 0.29) is 29.9 Å². The molecule has 1 saturated heterocycles. The van der Waals surface area contributed by atoms with Crippen molar-refractivity contribution in [2.75, 3.05) is 11.9 Å². The Morgan fingerprint density at radius 3 is 2.62 bits per heavy atom. The lowest BCUT2D eigenvalue weighted by molar-refractivity contribution is -0.126. The van der Waals surface area contributed by atoms with Crippen LogP contribution in [0, 0.1) is 11.8 Å². The Bertz CT molecular complexity index is 1260. The van der Waals surface area contributed by atoms with Gasteiger partial charge < -0.3 is 15.4 Å². The van der Waals surface area contributed by atoms with Gasteiger partial charge in [0.1, 0.15) is 5.75 Å². The summed E-state index contributed by atoms with van der Waals surface area (Å²) >= 11 is 0. The summed E-state index contributed by atoms with van der Waals surface area (Å²) in [5.74, 6) is -4.73. The fourth-order valence-corrected chi connectivity index (χ4v) is 4.40. The molecular formula is C21H22F2N5O3P3. The third-order valence-electron chi connectivity index (χ3n) is 5.28. The third-order valence-corrected chi connectivity index (χ3v) is 6.05. The second-order valence-electron chi connectivity index (χ2n) is 7.89. The molecule has 3 heterocycles. The Hall–Kier alpha value is -2.53. The number of pyridine rings is 1. The SMILES string of the molecule is C[C@H]1C(=O)NC[C@@H]1C(=O)Nc1cc(-c2cc(P)cc(OC(F)(F)P)c2)n(-c2cncc(P)c2)n1. The highest BCUT2D eigenvalue weighted by atomic mass is 31.0. The van der Waals surface area contributed by atoms with Gasteiger partial charge in [0.15, 0.2) is 5.82 Å². The first-order valence-corrected chi connectivity index (χ1v) is 11.9. The number of carbonyl (C=O) groups excluding carboxylic acids is 2. The average Bonchev–Trinajstić information content (AvgIpc) is 3.30. The van der Waals surface area contributed by atoms with E-state index < -0.39 is 17.7 Å². The lowest BCUT2D eigenvalue weighted by atomic mass is 9.97. The zero-order valence-corrected chi connectivity index (χ0v) is 21.4. The van der Waals surface area contributed by atoms with Crippen LogP contribution in [0.4, 0.5) is 14.6 Å². The first kappa shape index (κ1) is 24.6. The van der Waals surface area contributed by atoms with E-state index in [1.54, 1.807) is 36.1 Å². The maximum atomic E-state index is 13.4. The number of halogens is 2. The number of amides is 2. The van der Waals surface area contributed by atoms with Crippen molar-refractivity contribution < 1.29 is 23.1 Å². The number of hydrogen-bond acceptors (Lipinski definition) is 5. The number of carbonyl (C=O) groups is 2. The first-order chi connectivity index (χ1) is 16.0. The summed E-state index contributed by atoms with van der Waals surface area (Å²) in [5.41, 5.74) is 1.65. The van der Waals surface area contributed by atoms with E-state index in [0.717, 1.165) is 5.30 Å². The Morgan fingerprint density at radius 1 is 1.21 bits per heavy atom. The molecule has 2 aromatic heterocycles. The number of aromatic nitrogens is 3. The highest BCUT2D eigenvalue weighted by molar-refractivity contribution is 7.27. The molecule has 2 N–H and O–H groups in total. The number of alkyl halides is 2. The summed E-state index contributed by atoms with van der Waals surface area (Å²) in [6, 6.07) is 8.14. The van der Waals surface area contributed by atoms with Crippen LogP contribution in [0.1, 0.15) is 6.92 Å². The summed E-state index contributed by atoms with van der Waals surface area (Å²) < 4.78 is 33.2. The molecule has 1 aliphatic heterocycles. The Labute approximate surface area is 201 Å². The molecule has 3 unspecified atom stereocenters. The van der Waals surface area contributed by atoms with Crippen LogP contribution < -0.4 is 26.0 Å². The molecule has 0 saturated carbocycles. The number of anilines is 1. The second-order valence-corrected chi connectivity index (χ2v) is 9.89. The van der Waals surface area contributed by atoms with Crippen LogP contribution in [0.25, 0.3) is 16.9 Å². The molecule has 3 aromatic rings. The van der Waals surface area contributed by atoms with Crippen LogP contribution in [0.2, 0.25) is 0 Å². The molecule has 13 heteroatoms. The van der Waals surface area contributed by atoms with E-state index in [9.17, 15) is 18.4 Å². The highest BCUT2D eigenvalue weighted by Gasteiger charge is 2.36. The molecule has 1 aromatic carbocycles. The van der Waals surface area contributed by atoms with Crippen molar-refractivity contribution in [1.29, 1.82) is 0 Å². The van der Waals surface area contributed by atoms with Crippen molar-refractivity contribution in [3.63, 3.8) is 0 Å². The van der Waals surface area contributed by atoms with E-state index in [1.807, 2.05) is 6.07 Å². The van der Waals surface area contributed by atoms with Gasteiger partial charge in [-0.25, -0.2) is 4.68 Å². The van der Waals surface area contributed by atoms with Crippen molar-refractivity contribution in [1.82, 2.24) is 20.1 Å². The van der Waals surface area contributed by atoms with Crippen LogP contribution in [-0.4, -0.2) is 39.0 Å². The quantitative estimate of drug-likeness (QED) is 0.483. The van der Waals surface area contributed by atoms with Crippen LogP contribution in [0.15, 0.2) is 42.7 Å².